The molecule has 1 amide bonds. The van der Waals surface area contributed by atoms with Crippen molar-refractivity contribution in [2.45, 2.75) is 11.3 Å². The van der Waals surface area contributed by atoms with Gasteiger partial charge in [0.15, 0.2) is 5.84 Å². The van der Waals surface area contributed by atoms with Gasteiger partial charge in [-0.1, -0.05) is 30.3 Å². The van der Waals surface area contributed by atoms with E-state index in [1.165, 1.54) is 6.07 Å². The van der Waals surface area contributed by atoms with E-state index in [0.717, 1.165) is 5.69 Å². The number of hydrogen-bond acceptors (Lipinski definition) is 6. The summed E-state index contributed by atoms with van der Waals surface area (Å²) in [4.78, 5) is 26.7. The van der Waals surface area contributed by atoms with Gasteiger partial charge in [-0.3, -0.25) is 9.59 Å². The van der Waals surface area contributed by atoms with Crippen LogP contribution in [0.4, 0.5) is 11.4 Å². The van der Waals surface area contributed by atoms with Crippen LogP contribution < -0.4 is 15.0 Å². The quantitative estimate of drug-likeness (QED) is 0.473. The molecule has 0 aromatic heterocycles. The van der Waals surface area contributed by atoms with Gasteiger partial charge in [-0.25, -0.2) is 0 Å². The van der Waals surface area contributed by atoms with Crippen LogP contribution in [-0.2, 0) is 19.6 Å². The van der Waals surface area contributed by atoms with Gasteiger partial charge in [0.1, 0.15) is 10.6 Å². The van der Waals surface area contributed by atoms with Crippen LogP contribution in [0.1, 0.15) is 12.0 Å². The van der Waals surface area contributed by atoms with Crippen LogP contribution in [0.5, 0.6) is 5.75 Å². The first kappa shape index (κ1) is 20.9. The van der Waals surface area contributed by atoms with Crippen LogP contribution in [0.15, 0.2) is 88.2 Å². The number of nitrogens with one attached hydrogen (secondary N) is 1. The second-order valence-electron chi connectivity index (χ2n) is 7.72. The third-order valence-corrected chi connectivity index (χ3v) is 6.83. The number of hydrogen-bond donors (Lipinski definition) is 1. The van der Waals surface area contributed by atoms with E-state index in [1.54, 1.807) is 47.4 Å². The standard InChI is InChI=1S/C24H19N3O5S/c28-22-14-16(15-27(22)18-6-2-1-3-7-18)24(29)32-19-12-10-17(11-13-19)25-23-20-8-4-5-9-21(20)33(30,31)26-23/h1-13,16H,14-15H2,(H,25,26). The average Bonchev–Trinajstić information content (AvgIpc) is 3.33. The Kier molecular flexibility index (Phi) is 5.18. The summed E-state index contributed by atoms with van der Waals surface area (Å²) in [5.74, 6) is -0.568. The first-order chi connectivity index (χ1) is 15.9. The topological polar surface area (TPSA) is 105 Å². The number of ether oxygens (including phenoxy) is 1. The molecule has 2 heterocycles. The minimum absolute atomic E-state index is 0.0983. The summed E-state index contributed by atoms with van der Waals surface area (Å²) in [6.07, 6.45) is 0.0983. The van der Waals surface area contributed by atoms with E-state index >= 15 is 0 Å². The van der Waals surface area contributed by atoms with Gasteiger partial charge >= 0.3 is 5.97 Å². The number of nitrogens with zero attached hydrogens (tertiary/aromatic N) is 2. The Hall–Kier alpha value is -3.98. The number of para-hydroxylation sites is 1. The van der Waals surface area contributed by atoms with Crippen molar-refractivity contribution < 1.29 is 22.7 Å². The molecule has 8 nitrogen and oxygen atoms in total. The maximum Gasteiger partial charge on any atom is 0.316 e. The maximum absolute atomic E-state index is 12.6. The van der Waals surface area contributed by atoms with Gasteiger partial charge < -0.3 is 15.0 Å². The summed E-state index contributed by atoms with van der Waals surface area (Å²) in [6, 6.07) is 22.3. The van der Waals surface area contributed by atoms with Crippen molar-refractivity contribution in [3.63, 3.8) is 0 Å². The molecule has 166 valence electrons. The molecule has 3 aromatic rings. The highest BCUT2D eigenvalue weighted by Crippen LogP contribution is 2.28. The number of fused-ring (bicyclic) bond motifs is 1. The molecule has 2 aliphatic rings. The first-order valence-electron chi connectivity index (χ1n) is 10.3. The van der Waals surface area contributed by atoms with E-state index < -0.39 is 21.9 Å². The van der Waals surface area contributed by atoms with Crippen LogP contribution in [-0.4, -0.2) is 32.7 Å². The van der Waals surface area contributed by atoms with Gasteiger partial charge in [-0.15, -0.1) is 4.40 Å². The molecule has 1 unspecified atom stereocenters. The van der Waals surface area contributed by atoms with E-state index in [-0.39, 0.29) is 29.6 Å². The number of amides is 1. The summed E-state index contributed by atoms with van der Waals surface area (Å²) in [7, 11) is -3.71. The molecule has 0 saturated carbocycles. The average molecular weight is 461 g/mol. The van der Waals surface area contributed by atoms with Crippen LogP contribution in [0.2, 0.25) is 0 Å². The van der Waals surface area contributed by atoms with Gasteiger partial charge in [0.25, 0.3) is 10.0 Å². The molecule has 0 aliphatic carbocycles. The first-order valence-corrected chi connectivity index (χ1v) is 11.7. The lowest BCUT2D eigenvalue weighted by Crippen LogP contribution is -2.27. The minimum atomic E-state index is -3.71. The van der Waals surface area contributed by atoms with Crippen LogP contribution in [0.25, 0.3) is 0 Å². The zero-order chi connectivity index (χ0) is 23.0. The van der Waals surface area contributed by atoms with Crippen molar-refractivity contribution >= 4 is 39.1 Å². The van der Waals surface area contributed by atoms with Crippen molar-refractivity contribution in [1.82, 2.24) is 0 Å². The zero-order valence-corrected chi connectivity index (χ0v) is 18.2. The van der Waals surface area contributed by atoms with Crippen molar-refractivity contribution in [1.29, 1.82) is 0 Å². The number of carbonyl (C=O) groups is 2. The van der Waals surface area contributed by atoms with Gasteiger partial charge in [0, 0.05) is 29.9 Å². The van der Waals surface area contributed by atoms with Crippen molar-refractivity contribution in [2.75, 3.05) is 16.8 Å². The number of esters is 1. The van der Waals surface area contributed by atoms with Crippen molar-refractivity contribution in [3.05, 3.63) is 84.4 Å². The van der Waals surface area contributed by atoms with Crippen LogP contribution >= 0.6 is 0 Å². The van der Waals surface area contributed by atoms with Crippen LogP contribution in [0.3, 0.4) is 0 Å². The molecular weight excluding hydrogens is 442 g/mol. The Morgan fingerprint density at radius 2 is 1.67 bits per heavy atom. The number of amidine groups is 1. The van der Waals surface area contributed by atoms with E-state index in [9.17, 15) is 18.0 Å². The van der Waals surface area contributed by atoms with Gasteiger partial charge in [0.05, 0.1) is 5.92 Å². The zero-order valence-electron chi connectivity index (χ0n) is 17.3. The Labute approximate surface area is 190 Å². The Morgan fingerprint density at radius 1 is 0.970 bits per heavy atom. The van der Waals surface area contributed by atoms with E-state index in [4.69, 9.17) is 4.74 Å². The number of benzene rings is 3. The molecular formula is C24H19N3O5S. The molecule has 3 aromatic carbocycles. The molecule has 1 N–H and O–H groups in total. The monoisotopic (exact) mass is 461 g/mol. The third kappa shape index (κ3) is 4.10. The second kappa shape index (κ2) is 8.18. The number of rotatable bonds is 4. The molecule has 2 aliphatic heterocycles. The molecule has 33 heavy (non-hydrogen) atoms. The summed E-state index contributed by atoms with van der Waals surface area (Å²) in [6.45, 7) is 0.273. The smallest absolute Gasteiger partial charge is 0.316 e. The van der Waals surface area contributed by atoms with Gasteiger partial charge in [-0.05, 0) is 48.5 Å². The second-order valence-corrected chi connectivity index (χ2v) is 9.30. The fraction of sp³-hybridized carbons (Fsp3) is 0.125. The highest BCUT2D eigenvalue weighted by Gasteiger charge is 2.36. The van der Waals surface area contributed by atoms with E-state index in [1.807, 2.05) is 30.3 Å². The fourth-order valence-corrected chi connectivity index (χ4v) is 5.04. The summed E-state index contributed by atoms with van der Waals surface area (Å²) >= 11 is 0. The third-order valence-electron chi connectivity index (χ3n) is 5.49. The van der Waals surface area contributed by atoms with Gasteiger partial charge in [0.2, 0.25) is 5.91 Å². The molecule has 1 atom stereocenters. The van der Waals surface area contributed by atoms with Gasteiger partial charge in [-0.2, -0.15) is 8.42 Å². The predicted octanol–water partition coefficient (Wildman–Crippen LogP) is 3.21. The van der Waals surface area contributed by atoms with Crippen LogP contribution in [0, 0.1) is 5.92 Å². The Morgan fingerprint density at radius 3 is 2.42 bits per heavy atom. The minimum Gasteiger partial charge on any atom is -0.426 e. The fourth-order valence-electron chi connectivity index (χ4n) is 3.86. The molecule has 1 saturated heterocycles. The number of anilines is 2. The largest absolute Gasteiger partial charge is 0.426 e. The lowest BCUT2D eigenvalue weighted by molar-refractivity contribution is -0.139. The lowest BCUT2D eigenvalue weighted by atomic mass is 10.1. The lowest BCUT2D eigenvalue weighted by Gasteiger charge is -2.16. The molecule has 9 heteroatoms. The molecule has 0 bridgehead atoms. The highest BCUT2D eigenvalue weighted by atomic mass is 32.2. The molecule has 0 spiro atoms. The summed E-state index contributed by atoms with van der Waals surface area (Å²) < 4.78 is 33.6. The summed E-state index contributed by atoms with van der Waals surface area (Å²) in [5.41, 5.74) is 1.85. The Balaban J connectivity index is 1.24. The molecule has 1 fully saturated rings. The van der Waals surface area contributed by atoms with E-state index in [0.29, 0.717) is 17.0 Å². The normalized spacial score (nSPS) is 18.5. The number of sulfonamides is 1. The molecule has 5 rings (SSSR count). The SMILES string of the molecule is O=C(Oc1ccc(NC2=NS(=O)(=O)c3ccccc32)cc1)C1CC(=O)N(c2ccccc2)C1. The highest BCUT2D eigenvalue weighted by molar-refractivity contribution is 7.90. The summed E-state index contributed by atoms with van der Waals surface area (Å²) in [5, 5.41) is 3.00. The van der Waals surface area contributed by atoms with Crippen molar-refractivity contribution in [3.8, 4) is 5.75 Å². The van der Waals surface area contributed by atoms with Crippen molar-refractivity contribution in [2.24, 2.45) is 10.3 Å². The number of carbonyl (C=O) groups excluding carboxylic acids is 2. The van der Waals surface area contributed by atoms with E-state index in [2.05, 4.69) is 9.71 Å². The molecule has 0 radical (unpaired) electrons. The maximum atomic E-state index is 12.6. The Bertz CT molecular complexity index is 1370. The predicted molar refractivity (Wildman–Crippen MR) is 123 cm³/mol.